The highest BCUT2D eigenvalue weighted by atomic mass is 32.2. The zero-order valence-electron chi connectivity index (χ0n) is 12.1. The van der Waals surface area contributed by atoms with E-state index in [9.17, 15) is 8.42 Å². The van der Waals surface area contributed by atoms with E-state index in [1.807, 2.05) is 13.0 Å². The van der Waals surface area contributed by atoms with Crippen LogP contribution >= 0.6 is 0 Å². The van der Waals surface area contributed by atoms with Gasteiger partial charge < -0.3 is 5.32 Å². The van der Waals surface area contributed by atoms with Crippen molar-refractivity contribution in [2.75, 3.05) is 19.6 Å². The van der Waals surface area contributed by atoms with Crippen molar-refractivity contribution in [2.24, 2.45) is 0 Å². The fraction of sp³-hybridized carbons (Fsp3) is 0.571. The van der Waals surface area contributed by atoms with Crippen LogP contribution in [0.15, 0.2) is 23.2 Å². The van der Waals surface area contributed by atoms with Crippen LogP contribution in [-0.2, 0) is 10.0 Å². The molecule has 0 amide bonds. The van der Waals surface area contributed by atoms with Crippen LogP contribution in [-0.4, -0.2) is 43.4 Å². The molecule has 0 aliphatic carbocycles. The lowest BCUT2D eigenvalue weighted by Crippen LogP contribution is -2.46. The predicted octanol–water partition coefficient (Wildman–Crippen LogP) is 1.11. The Hall–Kier alpha value is -1.49. The molecule has 1 aliphatic heterocycles. The zero-order valence-corrected chi connectivity index (χ0v) is 12.9. The Kier molecular flexibility index (Phi) is 5.28. The van der Waals surface area contributed by atoms with Gasteiger partial charge in [-0.1, -0.05) is 6.92 Å². The fourth-order valence-electron chi connectivity index (χ4n) is 2.62. The average molecular weight is 308 g/mol. The molecule has 0 radical (unpaired) electrons. The highest BCUT2D eigenvalue weighted by Crippen LogP contribution is 2.24. The molecule has 6 nitrogen and oxygen atoms in total. The number of pyridine rings is 1. The van der Waals surface area contributed by atoms with Gasteiger partial charge >= 0.3 is 0 Å². The molecular formula is C14H20N4O2S. The Morgan fingerprint density at radius 2 is 2.19 bits per heavy atom. The first-order valence-corrected chi connectivity index (χ1v) is 8.63. The van der Waals surface area contributed by atoms with Crippen molar-refractivity contribution in [3.05, 3.63) is 24.0 Å². The Bertz CT molecular complexity index is 618. The molecule has 0 atom stereocenters. The highest BCUT2D eigenvalue weighted by molar-refractivity contribution is 7.89. The summed E-state index contributed by atoms with van der Waals surface area (Å²) in [7, 11) is -3.69. The van der Waals surface area contributed by atoms with Gasteiger partial charge in [0.15, 0.2) is 5.69 Å². The third-order valence-corrected chi connectivity index (χ3v) is 5.61. The summed E-state index contributed by atoms with van der Waals surface area (Å²) in [5.74, 6) is 0. The van der Waals surface area contributed by atoms with E-state index in [0.717, 1.165) is 32.4 Å². The Morgan fingerprint density at radius 1 is 1.48 bits per heavy atom. The second kappa shape index (κ2) is 6.98. The number of aromatic nitrogens is 1. The molecule has 0 bridgehead atoms. The van der Waals surface area contributed by atoms with Crippen molar-refractivity contribution in [3.63, 3.8) is 0 Å². The fourth-order valence-corrected chi connectivity index (χ4v) is 4.50. The first kappa shape index (κ1) is 15.9. The van der Waals surface area contributed by atoms with Gasteiger partial charge in [-0.05, 0) is 44.5 Å². The molecule has 2 heterocycles. The number of rotatable bonds is 5. The van der Waals surface area contributed by atoms with Crippen molar-refractivity contribution < 1.29 is 8.42 Å². The molecule has 0 aromatic carbocycles. The van der Waals surface area contributed by atoms with E-state index in [1.165, 1.54) is 12.3 Å². The number of nitrogens with one attached hydrogen (secondary N) is 1. The summed E-state index contributed by atoms with van der Waals surface area (Å²) in [6.45, 7) is 4.06. The van der Waals surface area contributed by atoms with Crippen LogP contribution in [0.25, 0.3) is 0 Å². The summed E-state index contributed by atoms with van der Waals surface area (Å²) in [5, 5.41) is 12.3. The molecule has 7 heteroatoms. The first-order chi connectivity index (χ1) is 10.1. The van der Waals surface area contributed by atoms with E-state index in [1.54, 1.807) is 10.4 Å². The molecule has 1 N–H and O–H groups in total. The first-order valence-electron chi connectivity index (χ1n) is 7.19. The summed E-state index contributed by atoms with van der Waals surface area (Å²) in [6.07, 6.45) is 3.76. The number of hydrogen-bond acceptors (Lipinski definition) is 5. The molecule has 0 spiro atoms. The lowest BCUT2D eigenvalue weighted by atomic mass is 10.1. The van der Waals surface area contributed by atoms with Crippen molar-refractivity contribution >= 4 is 10.0 Å². The SMILES string of the molecule is CCCN(C1CCNCC1)S(=O)(=O)c1cccnc1C#N. The van der Waals surface area contributed by atoms with E-state index in [4.69, 9.17) is 5.26 Å². The van der Waals surface area contributed by atoms with Gasteiger partial charge in [-0.3, -0.25) is 0 Å². The maximum atomic E-state index is 12.9. The summed E-state index contributed by atoms with van der Waals surface area (Å²) in [6, 6.07) is 4.88. The van der Waals surface area contributed by atoms with Crippen molar-refractivity contribution in [2.45, 2.75) is 37.1 Å². The quantitative estimate of drug-likeness (QED) is 0.880. The largest absolute Gasteiger partial charge is 0.317 e. The Labute approximate surface area is 125 Å². The second-order valence-corrected chi connectivity index (χ2v) is 6.92. The third-order valence-electron chi connectivity index (χ3n) is 3.62. The minimum atomic E-state index is -3.69. The van der Waals surface area contributed by atoms with Gasteiger partial charge in [0.1, 0.15) is 11.0 Å². The van der Waals surface area contributed by atoms with Crippen LogP contribution in [0.5, 0.6) is 0 Å². The van der Waals surface area contributed by atoms with E-state index in [0.29, 0.717) is 6.54 Å². The van der Waals surface area contributed by atoms with Crippen LogP contribution in [0, 0.1) is 11.3 Å². The lowest BCUT2D eigenvalue weighted by Gasteiger charge is -2.33. The number of piperidine rings is 1. The Balaban J connectivity index is 2.40. The summed E-state index contributed by atoms with van der Waals surface area (Å²) >= 11 is 0. The molecule has 0 unspecified atom stereocenters. The van der Waals surface area contributed by atoms with E-state index in [2.05, 4.69) is 10.3 Å². The molecular weight excluding hydrogens is 288 g/mol. The molecule has 1 fully saturated rings. The maximum Gasteiger partial charge on any atom is 0.246 e. The topological polar surface area (TPSA) is 86.1 Å². The standard InChI is InChI=1S/C14H20N4O2S/c1-2-10-18(12-5-8-16-9-6-12)21(19,20)14-4-3-7-17-13(14)11-15/h3-4,7,12,16H,2,5-6,8-10H2,1H3. The highest BCUT2D eigenvalue weighted by Gasteiger charge is 2.33. The van der Waals surface area contributed by atoms with Crippen LogP contribution < -0.4 is 5.32 Å². The molecule has 1 saturated heterocycles. The number of nitriles is 1. The number of hydrogen-bond donors (Lipinski definition) is 1. The van der Waals surface area contributed by atoms with Gasteiger partial charge in [0.25, 0.3) is 0 Å². The molecule has 1 aromatic heterocycles. The molecule has 0 saturated carbocycles. The van der Waals surface area contributed by atoms with Crippen molar-refractivity contribution in [1.29, 1.82) is 5.26 Å². The summed E-state index contributed by atoms with van der Waals surface area (Å²) in [5.41, 5.74) is -0.0347. The van der Waals surface area contributed by atoms with Crippen LogP contribution in [0.3, 0.4) is 0 Å². The molecule has 1 aliphatic rings. The van der Waals surface area contributed by atoms with Gasteiger partial charge in [0.2, 0.25) is 10.0 Å². The minimum absolute atomic E-state index is 0.0112. The third kappa shape index (κ3) is 3.40. The van der Waals surface area contributed by atoms with E-state index < -0.39 is 10.0 Å². The normalized spacial score (nSPS) is 16.8. The molecule has 21 heavy (non-hydrogen) atoms. The van der Waals surface area contributed by atoms with Crippen LogP contribution in [0.2, 0.25) is 0 Å². The monoisotopic (exact) mass is 308 g/mol. The van der Waals surface area contributed by atoms with Gasteiger partial charge in [0, 0.05) is 18.8 Å². The second-order valence-electron chi connectivity index (χ2n) is 5.06. The predicted molar refractivity (Wildman–Crippen MR) is 79.0 cm³/mol. The van der Waals surface area contributed by atoms with Crippen molar-refractivity contribution in [1.82, 2.24) is 14.6 Å². The molecule has 1 aromatic rings. The maximum absolute atomic E-state index is 12.9. The van der Waals surface area contributed by atoms with E-state index >= 15 is 0 Å². The van der Waals surface area contributed by atoms with Gasteiger partial charge in [0.05, 0.1) is 0 Å². The smallest absolute Gasteiger partial charge is 0.246 e. The Morgan fingerprint density at radius 3 is 2.81 bits per heavy atom. The molecule has 114 valence electrons. The van der Waals surface area contributed by atoms with Gasteiger partial charge in [-0.25, -0.2) is 13.4 Å². The minimum Gasteiger partial charge on any atom is -0.317 e. The zero-order chi connectivity index (χ0) is 15.3. The summed E-state index contributed by atoms with van der Waals surface area (Å²) in [4.78, 5) is 3.89. The van der Waals surface area contributed by atoms with E-state index in [-0.39, 0.29) is 16.6 Å². The summed E-state index contributed by atoms with van der Waals surface area (Å²) < 4.78 is 27.4. The van der Waals surface area contributed by atoms with Crippen LogP contribution in [0.4, 0.5) is 0 Å². The van der Waals surface area contributed by atoms with Gasteiger partial charge in [-0.2, -0.15) is 9.57 Å². The number of sulfonamides is 1. The van der Waals surface area contributed by atoms with Crippen LogP contribution in [0.1, 0.15) is 31.9 Å². The average Bonchev–Trinajstić information content (AvgIpc) is 2.53. The van der Waals surface area contributed by atoms with Crippen molar-refractivity contribution in [3.8, 4) is 6.07 Å². The number of nitrogens with zero attached hydrogens (tertiary/aromatic N) is 3. The molecule has 2 rings (SSSR count). The van der Waals surface area contributed by atoms with Gasteiger partial charge in [-0.15, -0.1) is 0 Å². The lowest BCUT2D eigenvalue weighted by molar-refractivity contribution is 0.262.